The number of furan rings is 1. The lowest BCUT2D eigenvalue weighted by atomic mass is 10.0. The van der Waals surface area contributed by atoms with Crippen molar-refractivity contribution in [1.29, 1.82) is 0 Å². The second-order valence-corrected chi connectivity index (χ2v) is 9.69. The van der Waals surface area contributed by atoms with Crippen molar-refractivity contribution in [3.8, 4) is 5.75 Å². The van der Waals surface area contributed by atoms with Gasteiger partial charge < -0.3 is 14.1 Å². The van der Waals surface area contributed by atoms with Crippen LogP contribution in [-0.2, 0) is 16.6 Å². The first-order valence-corrected chi connectivity index (χ1v) is 11.4. The smallest absolute Gasteiger partial charge is 0.289 e. The molecule has 160 valence electrons. The van der Waals surface area contributed by atoms with Gasteiger partial charge in [-0.25, -0.2) is 8.42 Å². The van der Waals surface area contributed by atoms with Gasteiger partial charge >= 0.3 is 0 Å². The Morgan fingerprint density at radius 1 is 1.06 bits per heavy atom. The van der Waals surface area contributed by atoms with Crippen LogP contribution in [0.2, 0.25) is 0 Å². The van der Waals surface area contributed by atoms with Crippen LogP contribution in [0.3, 0.4) is 0 Å². The third-order valence-electron chi connectivity index (χ3n) is 5.66. The number of ether oxygens (including phenoxy) is 1. The third kappa shape index (κ3) is 3.60. The fourth-order valence-electron chi connectivity index (χ4n) is 4.16. The number of sulfonamides is 1. The van der Waals surface area contributed by atoms with Gasteiger partial charge in [-0.05, 0) is 36.4 Å². The molecule has 1 amide bonds. The van der Waals surface area contributed by atoms with Gasteiger partial charge in [-0.3, -0.25) is 9.78 Å². The van der Waals surface area contributed by atoms with Gasteiger partial charge in [0.1, 0.15) is 16.2 Å². The van der Waals surface area contributed by atoms with Gasteiger partial charge in [-0.15, -0.1) is 0 Å². The van der Waals surface area contributed by atoms with Crippen molar-refractivity contribution in [3.05, 3.63) is 78.5 Å². The number of rotatable bonds is 3. The van der Waals surface area contributed by atoms with Crippen LogP contribution < -0.4 is 4.74 Å². The van der Waals surface area contributed by atoms with E-state index in [1.54, 1.807) is 59.6 Å². The normalized spacial score (nSPS) is 22.6. The van der Waals surface area contributed by atoms with Crippen molar-refractivity contribution in [2.75, 3.05) is 19.6 Å². The molecule has 0 saturated carbocycles. The van der Waals surface area contributed by atoms with Gasteiger partial charge in [0.15, 0.2) is 5.76 Å². The van der Waals surface area contributed by atoms with Gasteiger partial charge in [0.05, 0.1) is 31.6 Å². The van der Waals surface area contributed by atoms with Crippen molar-refractivity contribution < 1.29 is 22.4 Å². The second-order valence-electron chi connectivity index (χ2n) is 7.78. The molecule has 0 bridgehead atoms. The minimum absolute atomic E-state index is 0.114. The maximum atomic E-state index is 13.5. The fourth-order valence-corrected chi connectivity index (χ4v) is 5.76. The summed E-state index contributed by atoms with van der Waals surface area (Å²) in [5.74, 6) is 0.324. The highest BCUT2D eigenvalue weighted by atomic mass is 32.2. The lowest BCUT2D eigenvalue weighted by Crippen LogP contribution is -2.49. The van der Waals surface area contributed by atoms with E-state index >= 15 is 0 Å². The molecule has 0 aliphatic carbocycles. The van der Waals surface area contributed by atoms with E-state index in [2.05, 4.69) is 4.98 Å². The molecule has 1 atom stereocenters. The number of hydrogen-bond acceptors (Lipinski definition) is 6. The Labute approximate surface area is 180 Å². The molecule has 8 nitrogen and oxygen atoms in total. The number of hydrogen-bond donors (Lipinski definition) is 0. The molecule has 4 heterocycles. The molecule has 1 saturated heterocycles. The van der Waals surface area contributed by atoms with Gasteiger partial charge in [-0.2, -0.15) is 4.31 Å². The molecular formula is C22H21N3O5S. The number of amides is 1. The third-order valence-corrected chi connectivity index (χ3v) is 7.49. The Morgan fingerprint density at radius 2 is 1.90 bits per heavy atom. The molecule has 2 aliphatic rings. The van der Waals surface area contributed by atoms with Crippen molar-refractivity contribution in [2.45, 2.75) is 23.5 Å². The Balaban J connectivity index is 1.51. The second kappa shape index (κ2) is 7.51. The Hall–Kier alpha value is -3.17. The molecule has 1 spiro atoms. The number of para-hydroxylation sites is 1. The zero-order valence-electron chi connectivity index (χ0n) is 16.7. The summed E-state index contributed by atoms with van der Waals surface area (Å²) in [4.78, 5) is 18.9. The van der Waals surface area contributed by atoms with Crippen LogP contribution in [0.15, 0.2) is 76.4 Å². The minimum atomic E-state index is -3.82. The standard InChI is InChI=1S/C22H21N3O5S/c26-21(19-8-5-13-29-19)24-12-10-22(15-24)16-25(14-17-6-3-4-11-23-17)31(27,28)20-9-2-1-7-18(20)30-22/h1-9,11,13H,10,12,14-16H2. The highest BCUT2D eigenvalue weighted by molar-refractivity contribution is 7.89. The van der Waals surface area contributed by atoms with E-state index in [0.717, 1.165) is 0 Å². The molecule has 1 aromatic carbocycles. The van der Waals surface area contributed by atoms with Gasteiger partial charge in [0.2, 0.25) is 10.0 Å². The highest BCUT2D eigenvalue weighted by Crippen LogP contribution is 2.39. The van der Waals surface area contributed by atoms with Crippen molar-refractivity contribution >= 4 is 15.9 Å². The van der Waals surface area contributed by atoms with E-state index in [1.165, 1.54) is 10.6 Å². The zero-order valence-corrected chi connectivity index (χ0v) is 17.5. The largest absolute Gasteiger partial charge is 0.483 e. The van der Waals surface area contributed by atoms with Crippen molar-refractivity contribution in [1.82, 2.24) is 14.2 Å². The summed E-state index contributed by atoms with van der Waals surface area (Å²) in [6.07, 6.45) is 3.60. The lowest BCUT2D eigenvalue weighted by Gasteiger charge is -2.31. The molecule has 9 heteroatoms. The number of carbonyl (C=O) groups is 1. The van der Waals surface area contributed by atoms with Crippen LogP contribution in [0.5, 0.6) is 5.75 Å². The van der Waals surface area contributed by atoms with Gasteiger partial charge in [-0.1, -0.05) is 18.2 Å². The van der Waals surface area contributed by atoms with Crippen LogP contribution in [-0.4, -0.2) is 53.7 Å². The number of pyridine rings is 1. The topological polar surface area (TPSA) is 93.0 Å². The lowest BCUT2D eigenvalue weighted by molar-refractivity contribution is 0.0496. The molecule has 5 rings (SSSR count). The number of carbonyl (C=O) groups excluding carboxylic acids is 1. The van der Waals surface area contributed by atoms with E-state index in [9.17, 15) is 13.2 Å². The summed E-state index contributed by atoms with van der Waals surface area (Å²) in [6, 6.07) is 15.3. The monoisotopic (exact) mass is 439 g/mol. The predicted molar refractivity (Wildman–Crippen MR) is 111 cm³/mol. The summed E-state index contributed by atoms with van der Waals surface area (Å²) in [5, 5.41) is 0. The zero-order chi connectivity index (χ0) is 21.5. The molecule has 3 aromatic rings. The van der Waals surface area contributed by atoms with E-state index in [-0.39, 0.29) is 36.2 Å². The van der Waals surface area contributed by atoms with Gasteiger partial charge in [0.25, 0.3) is 5.91 Å². The highest BCUT2D eigenvalue weighted by Gasteiger charge is 2.49. The Bertz CT molecular complexity index is 1200. The van der Waals surface area contributed by atoms with Crippen LogP contribution in [0.25, 0.3) is 0 Å². The molecule has 2 aliphatic heterocycles. The first-order valence-electron chi connectivity index (χ1n) is 9.98. The summed E-state index contributed by atoms with van der Waals surface area (Å²) >= 11 is 0. The minimum Gasteiger partial charge on any atom is -0.483 e. The average molecular weight is 439 g/mol. The average Bonchev–Trinajstić information content (AvgIpc) is 3.43. The maximum absolute atomic E-state index is 13.5. The van der Waals surface area contributed by atoms with E-state index < -0.39 is 15.6 Å². The van der Waals surface area contributed by atoms with Gasteiger partial charge in [0, 0.05) is 19.2 Å². The predicted octanol–water partition coefficient (Wildman–Crippen LogP) is 2.54. The first kappa shape index (κ1) is 19.8. The SMILES string of the molecule is O=C(c1ccco1)N1CCC2(C1)CN(Cc1ccccn1)S(=O)(=O)c1ccccc1O2. The number of likely N-dealkylation sites (tertiary alicyclic amines) is 1. The summed E-state index contributed by atoms with van der Waals surface area (Å²) in [6.45, 7) is 0.936. The van der Waals surface area contributed by atoms with Crippen LogP contribution >= 0.6 is 0 Å². The molecule has 0 N–H and O–H groups in total. The summed E-state index contributed by atoms with van der Waals surface area (Å²) in [7, 11) is -3.82. The van der Waals surface area contributed by atoms with Crippen LogP contribution in [0, 0.1) is 0 Å². The molecule has 2 aromatic heterocycles. The first-order chi connectivity index (χ1) is 15.0. The number of benzene rings is 1. The molecule has 1 unspecified atom stereocenters. The summed E-state index contributed by atoms with van der Waals surface area (Å²) in [5.41, 5.74) is -0.224. The summed E-state index contributed by atoms with van der Waals surface area (Å²) < 4.78 is 40.0. The molecule has 31 heavy (non-hydrogen) atoms. The maximum Gasteiger partial charge on any atom is 0.289 e. The van der Waals surface area contributed by atoms with E-state index in [1.807, 2.05) is 6.07 Å². The molecular weight excluding hydrogens is 418 g/mol. The number of nitrogens with zero attached hydrogens (tertiary/aromatic N) is 3. The Morgan fingerprint density at radius 3 is 2.68 bits per heavy atom. The number of fused-ring (bicyclic) bond motifs is 1. The Kier molecular flexibility index (Phi) is 4.79. The molecule has 1 fully saturated rings. The van der Waals surface area contributed by atoms with Crippen LogP contribution in [0.4, 0.5) is 0 Å². The van der Waals surface area contributed by atoms with E-state index in [0.29, 0.717) is 24.4 Å². The molecule has 0 radical (unpaired) electrons. The quantitative estimate of drug-likeness (QED) is 0.623. The van der Waals surface area contributed by atoms with Crippen molar-refractivity contribution in [2.24, 2.45) is 0 Å². The van der Waals surface area contributed by atoms with Crippen LogP contribution in [0.1, 0.15) is 22.7 Å². The fraction of sp³-hybridized carbons (Fsp3) is 0.273. The number of aromatic nitrogens is 1. The van der Waals surface area contributed by atoms with E-state index in [4.69, 9.17) is 9.15 Å². The van der Waals surface area contributed by atoms with Crippen molar-refractivity contribution in [3.63, 3.8) is 0 Å².